The van der Waals surface area contributed by atoms with Crippen LogP contribution in [0.15, 0.2) is 24.4 Å². The van der Waals surface area contributed by atoms with Crippen LogP contribution in [0.2, 0.25) is 5.02 Å². The number of carboxylic acids is 1. The van der Waals surface area contributed by atoms with Crippen LogP contribution in [0.4, 0.5) is 0 Å². The van der Waals surface area contributed by atoms with E-state index in [9.17, 15) is 4.79 Å². The quantitative estimate of drug-likeness (QED) is 0.916. The third-order valence-electron chi connectivity index (χ3n) is 2.99. The number of halogens is 1. The van der Waals surface area contributed by atoms with E-state index in [1.165, 1.54) is 13.3 Å². The Morgan fingerprint density at radius 1 is 1.43 bits per heavy atom. The molecule has 110 valence electrons. The van der Waals surface area contributed by atoms with E-state index >= 15 is 0 Å². The third kappa shape index (κ3) is 3.31. The van der Waals surface area contributed by atoms with Gasteiger partial charge in [0.05, 0.1) is 23.9 Å². The molecule has 0 atom stereocenters. The van der Waals surface area contributed by atoms with Crippen LogP contribution in [-0.4, -0.2) is 28.2 Å². The molecule has 2 aromatic rings. The predicted molar refractivity (Wildman–Crippen MR) is 80.0 cm³/mol. The molecule has 0 saturated heterocycles. The summed E-state index contributed by atoms with van der Waals surface area (Å²) < 4.78 is 5.28. The molecule has 5 nitrogen and oxygen atoms in total. The Labute approximate surface area is 127 Å². The zero-order valence-corrected chi connectivity index (χ0v) is 12.5. The third-order valence-corrected chi connectivity index (χ3v) is 3.22. The average molecular weight is 307 g/mol. The lowest BCUT2D eigenvalue weighted by atomic mass is 10.1. The molecule has 0 spiro atoms. The van der Waals surface area contributed by atoms with Crippen molar-refractivity contribution in [3.8, 4) is 17.1 Å². The fourth-order valence-electron chi connectivity index (χ4n) is 2.00. The normalized spacial score (nSPS) is 10.4. The first-order valence-corrected chi connectivity index (χ1v) is 6.87. The largest absolute Gasteiger partial charge is 0.496 e. The van der Waals surface area contributed by atoms with Gasteiger partial charge in [-0.25, -0.2) is 14.8 Å². The Morgan fingerprint density at radius 3 is 2.81 bits per heavy atom. The summed E-state index contributed by atoms with van der Waals surface area (Å²) in [6.07, 6.45) is 2.71. The van der Waals surface area contributed by atoms with Crippen LogP contribution in [0.5, 0.6) is 5.75 Å². The maximum Gasteiger partial charge on any atom is 0.339 e. The first-order valence-electron chi connectivity index (χ1n) is 6.50. The highest BCUT2D eigenvalue weighted by Gasteiger charge is 2.16. The van der Waals surface area contributed by atoms with Gasteiger partial charge in [0.25, 0.3) is 0 Å². The number of carboxylic acid groups (broad SMARTS) is 1. The van der Waals surface area contributed by atoms with E-state index in [-0.39, 0.29) is 5.56 Å². The fourth-order valence-corrected chi connectivity index (χ4v) is 2.16. The van der Waals surface area contributed by atoms with Gasteiger partial charge in [0.2, 0.25) is 0 Å². The minimum Gasteiger partial charge on any atom is -0.496 e. The first-order chi connectivity index (χ1) is 10.1. The highest BCUT2D eigenvalue weighted by molar-refractivity contribution is 6.30. The van der Waals surface area contributed by atoms with Gasteiger partial charge in [-0.15, -0.1) is 0 Å². The van der Waals surface area contributed by atoms with Gasteiger partial charge in [-0.05, 0) is 24.6 Å². The molecular weight excluding hydrogens is 292 g/mol. The van der Waals surface area contributed by atoms with Crippen molar-refractivity contribution in [2.75, 3.05) is 7.11 Å². The molecule has 6 heteroatoms. The SMILES string of the molecule is CCCc1nc(-c2ccc(Cl)cc2OC)ncc1C(=O)O. The second-order valence-corrected chi connectivity index (χ2v) is 4.89. The van der Waals surface area contributed by atoms with Gasteiger partial charge in [0.15, 0.2) is 5.82 Å². The highest BCUT2D eigenvalue weighted by atomic mass is 35.5. The average Bonchev–Trinajstić information content (AvgIpc) is 2.47. The Balaban J connectivity index is 2.54. The summed E-state index contributed by atoms with van der Waals surface area (Å²) in [4.78, 5) is 19.7. The van der Waals surface area contributed by atoms with Crippen molar-refractivity contribution < 1.29 is 14.6 Å². The molecule has 0 aliphatic heterocycles. The standard InChI is InChI=1S/C15H15ClN2O3/c1-3-4-12-11(15(19)20)8-17-14(18-12)10-6-5-9(16)7-13(10)21-2/h5-8H,3-4H2,1-2H3,(H,19,20). The number of methoxy groups -OCH3 is 1. The zero-order valence-electron chi connectivity index (χ0n) is 11.8. The minimum absolute atomic E-state index is 0.133. The Hall–Kier alpha value is -2.14. The van der Waals surface area contributed by atoms with Crippen LogP contribution in [0.25, 0.3) is 11.4 Å². The van der Waals surface area contributed by atoms with E-state index in [1.54, 1.807) is 18.2 Å². The zero-order chi connectivity index (χ0) is 15.4. The number of carbonyl (C=O) groups is 1. The Bertz CT molecular complexity index is 674. The minimum atomic E-state index is -1.02. The number of aromatic nitrogens is 2. The van der Waals surface area contributed by atoms with Crippen molar-refractivity contribution >= 4 is 17.6 Å². The molecule has 1 heterocycles. The molecule has 21 heavy (non-hydrogen) atoms. The molecule has 2 rings (SSSR count). The molecule has 1 aromatic heterocycles. The molecular formula is C15H15ClN2O3. The summed E-state index contributed by atoms with van der Waals surface area (Å²) in [5, 5.41) is 9.72. The molecule has 0 aliphatic rings. The van der Waals surface area contributed by atoms with E-state index in [0.29, 0.717) is 34.3 Å². The predicted octanol–water partition coefficient (Wildman–Crippen LogP) is 3.46. The lowest BCUT2D eigenvalue weighted by Crippen LogP contribution is -2.07. The smallest absolute Gasteiger partial charge is 0.339 e. The van der Waals surface area contributed by atoms with Crippen LogP contribution in [0.3, 0.4) is 0 Å². The van der Waals surface area contributed by atoms with Crippen molar-refractivity contribution in [1.29, 1.82) is 0 Å². The molecule has 0 saturated carbocycles. The number of rotatable bonds is 5. The van der Waals surface area contributed by atoms with Crippen molar-refractivity contribution in [1.82, 2.24) is 9.97 Å². The van der Waals surface area contributed by atoms with Crippen LogP contribution in [0, 0.1) is 0 Å². The van der Waals surface area contributed by atoms with Gasteiger partial charge in [-0.2, -0.15) is 0 Å². The van der Waals surface area contributed by atoms with Crippen molar-refractivity contribution in [2.45, 2.75) is 19.8 Å². The van der Waals surface area contributed by atoms with Gasteiger partial charge in [0.1, 0.15) is 5.75 Å². The monoisotopic (exact) mass is 306 g/mol. The van der Waals surface area contributed by atoms with Crippen LogP contribution < -0.4 is 4.74 Å². The maximum absolute atomic E-state index is 11.2. The molecule has 0 amide bonds. The summed E-state index contributed by atoms with van der Waals surface area (Å²) in [6.45, 7) is 1.97. The number of nitrogens with zero attached hydrogens (tertiary/aromatic N) is 2. The Kier molecular flexibility index (Phi) is 4.75. The summed E-state index contributed by atoms with van der Waals surface area (Å²) in [5.74, 6) is -0.0435. The van der Waals surface area contributed by atoms with Crippen molar-refractivity contribution in [2.24, 2.45) is 0 Å². The molecule has 0 fully saturated rings. The van der Waals surface area contributed by atoms with E-state index in [2.05, 4.69) is 9.97 Å². The van der Waals surface area contributed by atoms with E-state index in [0.717, 1.165) is 6.42 Å². The summed E-state index contributed by atoms with van der Waals surface area (Å²) in [6, 6.07) is 5.14. The molecule has 0 bridgehead atoms. The summed E-state index contributed by atoms with van der Waals surface area (Å²) in [7, 11) is 1.54. The highest BCUT2D eigenvalue weighted by Crippen LogP contribution is 2.30. The number of benzene rings is 1. The number of aromatic carboxylic acids is 1. The number of ether oxygens (including phenoxy) is 1. The van der Waals surface area contributed by atoms with Crippen molar-refractivity contribution in [3.63, 3.8) is 0 Å². The van der Waals surface area contributed by atoms with Gasteiger partial charge < -0.3 is 9.84 Å². The topological polar surface area (TPSA) is 72.3 Å². The number of hydrogen-bond donors (Lipinski definition) is 1. The second kappa shape index (κ2) is 6.54. The molecule has 1 N–H and O–H groups in total. The van der Waals surface area contributed by atoms with E-state index in [4.69, 9.17) is 21.4 Å². The Morgan fingerprint density at radius 2 is 2.19 bits per heavy atom. The van der Waals surface area contributed by atoms with E-state index < -0.39 is 5.97 Å². The van der Waals surface area contributed by atoms with E-state index in [1.807, 2.05) is 6.92 Å². The number of hydrogen-bond acceptors (Lipinski definition) is 4. The van der Waals surface area contributed by atoms with Gasteiger partial charge in [0, 0.05) is 11.2 Å². The van der Waals surface area contributed by atoms with Crippen LogP contribution in [-0.2, 0) is 6.42 Å². The van der Waals surface area contributed by atoms with Crippen LogP contribution >= 0.6 is 11.6 Å². The molecule has 0 radical (unpaired) electrons. The van der Waals surface area contributed by atoms with Crippen LogP contribution in [0.1, 0.15) is 29.4 Å². The van der Waals surface area contributed by atoms with Gasteiger partial charge in [-0.3, -0.25) is 0 Å². The second-order valence-electron chi connectivity index (χ2n) is 4.45. The number of aryl methyl sites for hydroxylation is 1. The van der Waals surface area contributed by atoms with Gasteiger partial charge in [-0.1, -0.05) is 24.9 Å². The fraction of sp³-hybridized carbons (Fsp3) is 0.267. The summed E-state index contributed by atoms with van der Waals surface area (Å²) >= 11 is 5.93. The van der Waals surface area contributed by atoms with Gasteiger partial charge >= 0.3 is 5.97 Å². The van der Waals surface area contributed by atoms with Crippen molar-refractivity contribution in [3.05, 3.63) is 40.7 Å². The lowest BCUT2D eigenvalue weighted by molar-refractivity contribution is 0.0694. The first kappa shape index (κ1) is 15.3. The summed E-state index contributed by atoms with van der Waals surface area (Å²) in [5.41, 5.74) is 1.33. The lowest BCUT2D eigenvalue weighted by Gasteiger charge is -2.10. The molecule has 0 aliphatic carbocycles. The molecule has 1 aromatic carbocycles. The maximum atomic E-state index is 11.2. The molecule has 0 unspecified atom stereocenters.